The number of aryl methyl sites for hydroxylation is 1. The van der Waals surface area contributed by atoms with Gasteiger partial charge < -0.3 is 14.9 Å². The zero-order valence-corrected chi connectivity index (χ0v) is 15.1. The van der Waals surface area contributed by atoms with Gasteiger partial charge in [-0.05, 0) is 43.2 Å². The fourth-order valence-electron chi connectivity index (χ4n) is 3.61. The minimum Gasteiger partial charge on any atom is -0.348 e. The SMILES string of the molecule is Cn1c(C(=O)NC2CC2)c(-c2nc3ccccc3c(=O)[nH]2)c2cc(F)ccc21. The van der Waals surface area contributed by atoms with E-state index in [0.29, 0.717) is 33.1 Å². The van der Waals surface area contributed by atoms with E-state index >= 15 is 0 Å². The van der Waals surface area contributed by atoms with Gasteiger partial charge in [0.15, 0.2) is 0 Å². The average molecular weight is 376 g/mol. The summed E-state index contributed by atoms with van der Waals surface area (Å²) in [6, 6.07) is 11.5. The van der Waals surface area contributed by atoms with Crippen LogP contribution in [0.25, 0.3) is 33.2 Å². The Bertz CT molecular complexity index is 1320. The van der Waals surface area contributed by atoms with Crippen molar-refractivity contribution in [2.75, 3.05) is 0 Å². The monoisotopic (exact) mass is 376 g/mol. The van der Waals surface area contributed by atoms with Crippen LogP contribution < -0.4 is 10.9 Å². The first kappa shape index (κ1) is 16.7. The lowest BCUT2D eigenvalue weighted by molar-refractivity contribution is 0.0944. The number of aromatic amines is 1. The van der Waals surface area contributed by atoms with Crippen molar-refractivity contribution in [3.05, 3.63) is 64.3 Å². The predicted octanol–water partition coefficient (Wildman–Crippen LogP) is 3.11. The number of carbonyl (C=O) groups excluding carboxylic acids is 1. The second-order valence-corrected chi connectivity index (χ2v) is 7.12. The van der Waals surface area contributed by atoms with Gasteiger partial charge in [-0.25, -0.2) is 9.37 Å². The van der Waals surface area contributed by atoms with Gasteiger partial charge in [0, 0.05) is 24.0 Å². The van der Waals surface area contributed by atoms with Crippen LogP contribution in [0.15, 0.2) is 47.3 Å². The van der Waals surface area contributed by atoms with Crippen molar-refractivity contribution >= 4 is 27.7 Å². The van der Waals surface area contributed by atoms with Gasteiger partial charge in [0.05, 0.1) is 16.5 Å². The Morgan fingerprint density at radius 1 is 1.21 bits per heavy atom. The number of rotatable bonds is 3. The van der Waals surface area contributed by atoms with E-state index in [2.05, 4.69) is 15.3 Å². The normalized spacial score (nSPS) is 13.9. The van der Waals surface area contributed by atoms with Crippen molar-refractivity contribution in [2.24, 2.45) is 7.05 Å². The van der Waals surface area contributed by atoms with Crippen molar-refractivity contribution in [1.29, 1.82) is 0 Å². The number of fused-ring (bicyclic) bond motifs is 2. The molecule has 0 atom stereocenters. The van der Waals surface area contributed by atoms with Crippen LogP contribution in [-0.4, -0.2) is 26.5 Å². The molecule has 7 heteroatoms. The second-order valence-electron chi connectivity index (χ2n) is 7.12. The smallest absolute Gasteiger partial charge is 0.268 e. The number of hydrogen-bond acceptors (Lipinski definition) is 3. The molecule has 1 amide bonds. The molecule has 28 heavy (non-hydrogen) atoms. The highest BCUT2D eigenvalue weighted by Crippen LogP contribution is 2.34. The van der Waals surface area contributed by atoms with Crippen molar-refractivity contribution in [3.8, 4) is 11.4 Å². The van der Waals surface area contributed by atoms with E-state index in [9.17, 15) is 14.0 Å². The summed E-state index contributed by atoms with van der Waals surface area (Å²) in [7, 11) is 1.75. The molecule has 4 aromatic rings. The minimum atomic E-state index is -0.420. The molecule has 2 N–H and O–H groups in total. The molecule has 140 valence electrons. The third-order valence-electron chi connectivity index (χ3n) is 5.14. The Morgan fingerprint density at radius 3 is 2.79 bits per heavy atom. The molecule has 5 rings (SSSR count). The van der Waals surface area contributed by atoms with E-state index in [-0.39, 0.29) is 23.3 Å². The predicted molar refractivity (Wildman–Crippen MR) is 105 cm³/mol. The average Bonchev–Trinajstić information content (AvgIpc) is 3.44. The van der Waals surface area contributed by atoms with E-state index in [0.717, 1.165) is 12.8 Å². The largest absolute Gasteiger partial charge is 0.348 e. The summed E-state index contributed by atoms with van der Waals surface area (Å²) >= 11 is 0. The molecule has 0 aliphatic heterocycles. The molecule has 2 aromatic heterocycles. The quantitative estimate of drug-likeness (QED) is 0.577. The van der Waals surface area contributed by atoms with Crippen LogP contribution in [0.3, 0.4) is 0 Å². The summed E-state index contributed by atoms with van der Waals surface area (Å²) in [4.78, 5) is 32.9. The van der Waals surface area contributed by atoms with Crippen LogP contribution in [0, 0.1) is 5.82 Å². The maximum atomic E-state index is 14.0. The van der Waals surface area contributed by atoms with Gasteiger partial charge in [-0.2, -0.15) is 0 Å². The molecule has 0 spiro atoms. The molecule has 1 aliphatic rings. The number of nitrogens with zero attached hydrogens (tertiary/aromatic N) is 2. The standard InChI is InChI=1S/C21H17FN4O2/c1-26-16-9-6-11(22)10-14(16)17(18(26)21(28)23-12-7-8-12)19-24-15-5-3-2-4-13(15)20(27)25-19/h2-6,9-10,12H,7-8H2,1H3,(H,23,28)(H,24,25,27). The number of aromatic nitrogens is 3. The number of halogens is 1. The number of benzene rings is 2. The highest BCUT2D eigenvalue weighted by atomic mass is 19.1. The Hall–Kier alpha value is -3.48. The van der Waals surface area contributed by atoms with Gasteiger partial charge in [-0.3, -0.25) is 9.59 Å². The molecule has 2 heterocycles. The number of para-hydroxylation sites is 1. The highest BCUT2D eigenvalue weighted by molar-refractivity contribution is 6.09. The minimum absolute atomic E-state index is 0.165. The van der Waals surface area contributed by atoms with Crippen molar-refractivity contribution in [3.63, 3.8) is 0 Å². The van der Waals surface area contributed by atoms with E-state index < -0.39 is 5.82 Å². The molecule has 2 aromatic carbocycles. The summed E-state index contributed by atoms with van der Waals surface area (Å²) in [5, 5.41) is 3.96. The van der Waals surface area contributed by atoms with Crippen molar-refractivity contribution in [1.82, 2.24) is 19.9 Å². The third kappa shape index (κ3) is 2.58. The second kappa shape index (κ2) is 6.02. The summed E-state index contributed by atoms with van der Waals surface area (Å²) in [6.45, 7) is 0. The molecule has 0 saturated heterocycles. The number of carbonyl (C=O) groups is 1. The Kier molecular flexibility index (Phi) is 3.58. The van der Waals surface area contributed by atoms with Gasteiger partial charge in [-0.15, -0.1) is 0 Å². The maximum Gasteiger partial charge on any atom is 0.268 e. The Labute approximate surface area is 159 Å². The van der Waals surface area contributed by atoms with E-state index in [1.165, 1.54) is 12.1 Å². The fraction of sp³-hybridized carbons (Fsp3) is 0.190. The van der Waals surface area contributed by atoms with Crippen molar-refractivity contribution < 1.29 is 9.18 Å². The summed E-state index contributed by atoms with van der Waals surface area (Å²) in [5.41, 5.74) is 1.68. The Morgan fingerprint density at radius 2 is 2.00 bits per heavy atom. The van der Waals surface area contributed by atoms with Gasteiger partial charge in [-0.1, -0.05) is 12.1 Å². The Balaban J connectivity index is 1.83. The third-order valence-corrected chi connectivity index (χ3v) is 5.14. The lowest BCUT2D eigenvalue weighted by atomic mass is 10.1. The van der Waals surface area contributed by atoms with Crippen LogP contribution in [-0.2, 0) is 7.05 Å². The van der Waals surface area contributed by atoms with Crippen LogP contribution in [0.1, 0.15) is 23.3 Å². The fourth-order valence-corrected chi connectivity index (χ4v) is 3.61. The van der Waals surface area contributed by atoms with E-state index in [1.54, 1.807) is 41.9 Å². The first-order valence-corrected chi connectivity index (χ1v) is 9.11. The lowest BCUT2D eigenvalue weighted by Gasteiger charge is -2.09. The van der Waals surface area contributed by atoms with Gasteiger partial charge >= 0.3 is 0 Å². The first-order chi connectivity index (χ1) is 13.5. The zero-order valence-electron chi connectivity index (χ0n) is 15.1. The number of nitrogens with one attached hydrogen (secondary N) is 2. The van der Waals surface area contributed by atoms with Crippen molar-refractivity contribution in [2.45, 2.75) is 18.9 Å². The molecule has 0 unspecified atom stereocenters. The molecule has 1 saturated carbocycles. The van der Waals surface area contributed by atoms with Crippen LogP contribution in [0.2, 0.25) is 0 Å². The van der Waals surface area contributed by atoms with Crippen LogP contribution in [0.5, 0.6) is 0 Å². The lowest BCUT2D eigenvalue weighted by Crippen LogP contribution is -2.28. The first-order valence-electron chi connectivity index (χ1n) is 9.11. The van der Waals surface area contributed by atoms with Crippen LogP contribution >= 0.6 is 0 Å². The van der Waals surface area contributed by atoms with Gasteiger partial charge in [0.2, 0.25) is 0 Å². The van der Waals surface area contributed by atoms with Crippen LogP contribution in [0.4, 0.5) is 4.39 Å². The van der Waals surface area contributed by atoms with Gasteiger partial charge in [0.25, 0.3) is 11.5 Å². The molecule has 0 bridgehead atoms. The molecule has 6 nitrogen and oxygen atoms in total. The van der Waals surface area contributed by atoms with E-state index in [1.807, 2.05) is 0 Å². The maximum absolute atomic E-state index is 14.0. The molecule has 1 aliphatic carbocycles. The molecular formula is C21H17FN4O2. The zero-order chi connectivity index (χ0) is 19.4. The highest BCUT2D eigenvalue weighted by Gasteiger charge is 2.29. The number of amides is 1. The number of H-pyrrole nitrogens is 1. The topological polar surface area (TPSA) is 79.8 Å². The molecular weight excluding hydrogens is 359 g/mol. The summed E-state index contributed by atoms with van der Waals surface area (Å²) in [6.07, 6.45) is 1.90. The summed E-state index contributed by atoms with van der Waals surface area (Å²) < 4.78 is 15.7. The number of hydrogen-bond donors (Lipinski definition) is 2. The molecule has 1 fully saturated rings. The van der Waals surface area contributed by atoms with E-state index in [4.69, 9.17) is 0 Å². The van der Waals surface area contributed by atoms with Gasteiger partial charge in [0.1, 0.15) is 17.3 Å². The molecule has 0 radical (unpaired) electrons. The summed E-state index contributed by atoms with van der Waals surface area (Å²) in [5.74, 6) is -0.426.